The molecule has 2 aliphatic rings. The van der Waals surface area contributed by atoms with E-state index in [1.165, 1.54) is 18.2 Å². The molecule has 0 aliphatic carbocycles. The van der Waals surface area contributed by atoms with Gasteiger partial charge in [0.05, 0.1) is 74.9 Å². The van der Waals surface area contributed by atoms with Crippen molar-refractivity contribution in [3.05, 3.63) is 249 Å². The molecule has 0 saturated heterocycles. The summed E-state index contributed by atoms with van der Waals surface area (Å²) in [6.07, 6.45) is 8.68. The van der Waals surface area contributed by atoms with Crippen LogP contribution >= 0.6 is 0 Å². The van der Waals surface area contributed by atoms with E-state index in [0.29, 0.717) is 55.6 Å². The number of halogens is 6. The number of imidazole rings is 2. The van der Waals surface area contributed by atoms with Crippen molar-refractivity contribution in [3.8, 4) is 11.4 Å². The zero-order valence-electron chi connectivity index (χ0n) is 48.8. The smallest absolute Gasteiger partial charge is 0.416 e. The second-order valence-corrected chi connectivity index (χ2v) is 21.6. The Labute approximate surface area is 503 Å². The number of ketones is 1. The molecule has 2 aliphatic heterocycles. The van der Waals surface area contributed by atoms with Crippen molar-refractivity contribution in [1.29, 1.82) is 0 Å². The van der Waals surface area contributed by atoms with Gasteiger partial charge < -0.3 is 14.2 Å². The highest BCUT2D eigenvalue weighted by Crippen LogP contribution is 2.42. The molecule has 0 bridgehead atoms. The summed E-state index contributed by atoms with van der Waals surface area (Å²) in [4.78, 5) is 50.4. The summed E-state index contributed by atoms with van der Waals surface area (Å²) in [6, 6.07) is 35.3. The van der Waals surface area contributed by atoms with E-state index < -0.39 is 41.3 Å². The van der Waals surface area contributed by atoms with Gasteiger partial charge in [-0.15, -0.1) is 0 Å². The van der Waals surface area contributed by atoms with Crippen molar-refractivity contribution in [2.24, 2.45) is 0 Å². The van der Waals surface area contributed by atoms with E-state index in [9.17, 15) is 35.9 Å². The van der Waals surface area contributed by atoms with Gasteiger partial charge in [-0.3, -0.25) is 14.8 Å². The van der Waals surface area contributed by atoms with E-state index in [4.69, 9.17) is 5.11 Å². The number of nitrogens with zero attached hydrogens (tertiary/aromatic N) is 12. The summed E-state index contributed by atoms with van der Waals surface area (Å²) in [7, 11) is 0. The lowest BCUT2D eigenvalue weighted by Gasteiger charge is -2.25. The van der Waals surface area contributed by atoms with Gasteiger partial charge in [0.1, 0.15) is 11.6 Å². The molecular formula is C67H62F6N12O3. The molecule has 15 nitrogen and oxygen atoms in total. The molecule has 10 aromatic rings. The summed E-state index contributed by atoms with van der Waals surface area (Å²) in [6.45, 7) is 11.0. The number of alkyl halides is 6. The van der Waals surface area contributed by atoms with Crippen molar-refractivity contribution in [3.63, 3.8) is 0 Å². The minimum Gasteiger partial charge on any atom is -0.478 e. The standard InChI is InChI=1S/2C25H23F3N6.C17H16O3/c2*1-16-14-33(15-29-16)22-11-9-18(30-17(22)2)10-12-23-31-24-20(7-5-13-34(24)32-23)19-6-3-4-8-21(19)25(26,27)28;1-12(13-7-3-2-4-8-13)11-16(18)14-9-5-6-10-15(14)17(19)20/h2*3-4,6,8-12,14-15,20H,5,7,13H2,1-2H3;2-10,12H,11H2,1H3,(H,19,20)/b2*12-10+;/t20-;;12-/m0.0/s1. The molecule has 1 unspecified atom stereocenters. The Hall–Kier alpha value is -9.92. The van der Waals surface area contributed by atoms with Gasteiger partial charge in [0.2, 0.25) is 0 Å². The molecule has 0 fully saturated rings. The number of hydrogen-bond acceptors (Lipinski definition) is 10. The first-order valence-electron chi connectivity index (χ1n) is 28.6. The lowest BCUT2D eigenvalue weighted by atomic mass is 9.88. The number of aromatic nitrogens is 12. The molecule has 1 N–H and O–H groups in total. The number of carbonyl (C=O) groups is 2. The molecule has 21 heteroatoms. The number of carboxylic acid groups (broad SMARTS) is 1. The molecule has 450 valence electrons. The van der Waals surface area contributed by atoms with Gasteiger partial charge in [-0.2, -0.15) is 36.5 Å². The Morgan fingerprint density at radius 1 is 0.557 bits per heavy atom. The molecule has 8 heterocycles. The Morgan fingerprint density at radius 3 is 1.41 bits per heavy atom. The maximum atomic E-state index is 13.6. The first-order chi connectivity index (χ1) is 42.2. The third-order valence-corrected chi connectivity index (χ3v) is 15.3. The fourth-order valence-corrected chi connectivity index (χ4v) is 11.1. The van der Waals surface area contributed by atoms with Crippen molar-refractivity contribution in [1.82, 2.24) is 58.6 Å². The Kier molecular flexibility index (Phi) is 18.3. The molecule has 12 rings (SSSR count). The van der Waals surface area contributed by atoms with Crippen LogP contribution in [0, 0.1) is 27.7 Å². The van der Waals surface area contributed by atoms with Crippen molar-refractivity contribution < 1.29 is 41.0 Å². The van der Waals surface area contributed by atoms with E-state index in [0.717, 1.165) is 76.1 Å². The van der Waals surface area contributed by atoms with Gasteiger partial charge in [-0.1, -0.05) is 91.9 Å². The fourth-order valence-electron chi connectivity index (χ4n) is 11.1. The molecule has 3 atom stereocenters. The number of aryl methyl sites for hydroxylation is 6. The number of hydrogen-bond donors (Lipinski definition) is 1. The van der Waals surface area contributed by atoms with Gasteiger partial charge in [0.25, 0.3) is 0 Å². The second-order valence-electron chi connectivity index (χ2n) is 21.6. The highest BCUT2D eigenvalue weighted by Gasteiger charge is 2.39. The third-order valence-electron chi connectivity index (χ3n) is 15.3. The highest BCUT2D eigenvalue weighted by atomic mass is 19.4. The number of carbonyl (C=O) groups excluding carboxylic acids is 1. The zero-order valence-corrected chi connectivity index (χ0v) is 48.8. The molecule has 4 aromatic carbocycles. The predicted molar refractivity (Wildman–Crippen MR) is 322 cm³/mol. The Balaban J connectivity index is 0.000000151. The first kappa shape index (κ1) is 61.2. The second kappa shape index (κ2) is 26.4. The van der Waals surface area contributed by atoms with Crippen LogP contribution in [0.4, 0.5) is 26.3 Å². The highest BCUT2D eigenvalue weighted by molar-refractivity contribution is 6.06. The predicted octanol–water partition coefficient (Wildman–Crippen LogP) is 14.9. The van der Waals surface area contributed by atoms with E-state index in [1.54, 1.807) is 76.6 Å². The summed E-state index contributed by atoms with van der Waals surface area (Å²) in [5.41, 5.74) is 7.62. The monoisotopic (exact) mass is 1200 g/mol. The van der Waals surface area contributed by atoms with Crippen LogP contribution in [0.5, 0.6) is 0 Å². The summed E-state index contributed by atoms with van der Waals surface area (Å²) < 4.78 is 88.9. The summed E-state index contributed by atoms with van der Waals surface area (Å²) >= 11 is 0. The normalized spacial score (nSPS) is 15.2. The van der Waals surface area contributed by atoms with Gasteiger partial charge in [0, 0.05) is 49.3 Å². The SMILES string of the molecule is C[C@@H](CC(=O)c1ccccc1C(=O)O)c1ccccc1.Cc1cn(-c2ccc(/C=C/c3nc4n(n3)CCCC4c3ccccc3C(F)(F)F)nc2C)cn1.Cc1cn(-c2ccc(/C=C/c3nc4n(n3)CCC[C@H]4c3ccccc3C(F)(F)F)nc2C)cn1. The van der Waals surface area contributed by atoms with Gasteiger partial charge in [-0.05, 0) is 143 Å². The van der Waals surface area contributed by atoms with Crippen LogP contribution in [0.15, 0.2) is 152 Å². The minimum atomic E-state index is -4.41. The number of rotatable bonds is 13. The largest absolute Gasteiger partial charge is 0.478 e. The number of aromatic carboxylic acids is 1. The zero-order chi connectivity index (χ0) is 62.3. The molecular weight excluding hydrogens is 1130 g/mol. The van der Waals surface area contributed by atoms with Crippen LogP contribution in [0.1, 0.15) is 163 Å². The number of carboxylic acids is 1. The molecule has 6 aromatic heterocycles. The van der Waals surface area contributed by atoms with Crippen LogP contribution in [0.2, 0.25) is 0 Å². The van der Waals surface area contributed by atoms with E-state index in [2.05, 4.69) is 40.1 Å². The fraction of sp³-hybridized carbons (Fsp3) is 0.254. The number of benzene rings is 4. The van der Waals surface area contributed by atoms with Crippen molar-refractivity contribution in [2.45, 2.75) is 110 Å². The third kappa shape index (κ3) is 14.3. The van der Waals surface area contributed by atoms with E-state index >= 15 is 0 Å². The molecule has 88 heavy (non-hydrogen) atoms. The number of pyridine rings is 2. The topological polar surface area (TPSA) is 177 Å². The maximum Gasteiger partial charge on any atom is 0.416 e. The van der Waals surface area contributed by atoms with Gasteiger partial charge in [-0.25, -0.2) is 34.1 Å². The molecule has 0 saturated carbocycles. The van der Waals surface area contributed by atoms with E-state index in [1.807, 2.05) is 123 Å². The Bertz CT molecular complexity index is 3970. The van der Waals surface area contributed by atoms with Crippen LogP contribution in [-0.2, 0) is 25.4 Å². The average Bonchev–Trinajstić information content (AvgIpc) is 3.02. The lowest BCUT2D eigenvalue weighted by Crippen LogP contribution is -2.21. The molecule has 0 radical (unpaired) electrons. The van der Waals surface area contributed by atoms with Crippen LogP contribution in [-0.4, -0.2) is 75.5 Å². The van der Waals surface area contributed by atoms with Crippen molar-refractivity contribution >= 4 is 36.1 Å². The minimum absolute atomic E-state index is 0.0607. The van der Waals surface area contributed by atoms with E-state index in [-0.39, 0.29) is 34.0 Å². The quantitative estimate of drug-likeness (QED) is 0.0858. The maximum absolute atomic E-state index is 13.6. The lowest BCUT2D eigenvalue weighted by molar-refractivity contribution is -0.139. The van der Waals surface area contributed by atoms with Crippen LogP contribution in [0.3, 0.4) is 0 Å². The number of fused-ring (bicyclic) bond motifs is 2. The van der Waals surface area contributed by atoms with Gasteiger partial charge >= 0.3 is 18.3 Å². The Morgan fingerprint density at radius 2 is 0.989 bits per heavy atom. The summed E-state index contributed by atoms with van der Waals surface area (Å²) in [5.74, 6) is 0.0145. The first-order valence-corrected chi connectivity index (χ1v) is 28.6. The molecule has 0 spiro atoms. The number of Topliss-reactive ketones (excluding diaryl/α,β-unsaturated/α-hetero) is 1. The molecule has 0 amide bonds. The summed E-state index contributed by atoms with van der Waals surface area (Å²) in [5, 5.41) is 18.2. The van der Waals surface area contributed by atoms with Crippen molar-refractivity contribution in [2.75, 3.05) is 0 Å². The van der Waals surface area contributed by atoms with Crippen LogP contribution < -0.4 is 0 Å². The van der Waals surface area contributed by atoms with Gasteiger partial charge in [0.15, 0.2) is 17.4 Å². The average molecular weight is 1200 g/mol. The van der Waals surface area contributed by atoms with Crippen LogP contribution in [0.25, 0.3) is 35.7 Å².